The Balaban J connectivity index is 1.82. The Morgan fingerprint density at radius 1 is 1.22 bits per heavy atom. The average molecular weight is 246 g/mol. The molecule has 0 spiro atoms. The van der Waals surface area contributed by atoms with Gasteiger partial charge < -0.3 is 10.6 Å². The number of rotatable bonds is 5. The van der Waals surface area contributed by atoms with Crippen LogP contribution in [-0.2, 0) is 0 Å². The second-order valence-electron chi connectivity index (χ2n) is 5.89. The van der Waals surface area contributed by atoms with Crippen molar-refractivity contribution in [1.82, 2.24) is 4.90 Å². The van der Waals surface area contributed by atoms with Crippen LogP contribution >= 0.6 is 0 Å². The highest BCUT2D eigenvalue weighted by Crippen LogP contribution is 2.25. The van der Waals surface area contributed by atoms with Gasteiger partial charge in [0.15, 0.2) is 0 Å². The highest BCUT2D eigenvalue weighted by Gasteiger charge is 2.18. The molecule has 0 heterocycles. The van der Waals surface area contributed by atoms with Gasteiger partial charge in [0.05, 0.1) is 0 Å². The minimum absolute atomic E-state index is 0.136. The summed E-state index contributed by atoms with van der Waals surface area (Å²) in [5.74, 6) is 0.903. The quantitative estimate of drug-likeness (QED) is 0.865. The summed E-state index contributed by atoms with van der Waals surface area (Å²) in [4.78, 5) is 2.40. The summed E-state index contributed by atoms with van der Waals surface area (Å²) in [6.45, 7) is 4.28. The summed E-state index contributed by atoms with van der Waals surface area (Å²) < 4.78 is 0. The van der Waals surface area contributed by atoms with Gasteiger partial charge in [-0.2, -0.15) is 0 Å². The summed E-state index contributed by atoms with van der Waals surface area (Å²) in [5.41, 5.74) is 8.82. The van der Waals surface area contributed by atoms with Crippen LogP contribution in [0.3, 0.4) is 0 Å². The molecule has 18 heavy (non-hydrogen) atoms. The third-order valence-corrected chi connectivity index (χ3v) is 4.06. The highest BCUT2D eigenvalue weighted by molar-refractivity contribution is 5.24. The van der Waals surface area contributed by atoms with Crippen LogP contribution in [0, 0.1) is 12.8 Å². The first-order valence-electron chi connectivity index (χ1n) is 7.16. The maximum atomic E-state index is 6.28. The minimum atomic E-state index is 0.136. The number of hydrogen-bond acceptors (Lipinski definition) is 2. The third kappa shape index (κ3) is 3.82. The Morgan fingerprint density at radius 2 is 1.83 bits per heavy atom. The van der Waals surface area contributed by atoms with Crippen molar-refractivity contribution in [2.45, 2.75) is 38.6 Å². The van der Waals surface area contributed by atoms with Gasteiger partial charge >= 0.3 is 0 Å². The molecule has 1 saturated carbocycles. The lowest BCUT2D eigenvalue weighted by Crippen LogP contribution is -2.32. The van der Waals surface area contributed by atoms with Crippen LogP contribution in [0.5, 0.6) is 0 Å². The Labute approximate surface area is 111 Å². The predicted octanol–water partition coefficient (Wildman–Crippen LogP) is 3.12. The molecule has 0 bridgehead atoms. The van der Waals surface area contributed by atoms with E-state index in [1.807, 2.05) is 0 Å². The lowest BCUT2D eigenvalue weighted by Gasteiger charge is -2.24. The maximum absolute atomic E-state index is 6.28. The van der Waals surface area contributed by atoms with Crippen molar-refractivity contribution < 1.29 is 0 Å². The molecule has 1 fully saturated rings. The molecule has 100 valence electrons. The topological polar surface area (TPSA) is 29.3 Å². The van der Waals surface area contributed by atoms with E-state index in [1.54, 1.807) is 0 Å². The van der Waals surface area contributed by atoms with E-state index in [-0.39, 0.29) is 6.04 Å². The van der Waals surface area contributed by atoms with Crippen LogP contribution in [0.15, 0.2) is 24.3 Å². The molecule has 2 N–H and O–H groups in total. The highest BCUT2D eigenvalue weighted by atomic mass is 15.1. The third-order valence-electron chi connectivity index (χ3n) is 4.06. The molecule has 2 nitrogen and oxygen atoms in total. The fraction of sp³-hybridized carbons (Fsp3) is 0.625. The fourth-order valence-electron chi connectivity index (χ4n) is 2.96. The molecule has 2 heteroatoms. The normalized spacial score (nSPS) is 18.4. The van der Waals surface area contributed by atoms with E-state index in [9.17, 15) is 0 Å². The lowest BCUT2D eigenvalue weighted by atomic mass is 10.0. The van der Waals surface area contributed by atoms with E-state index in [2.05, 4.69) is 43.1 Å². The lowest BCUT2D eigenvalue weighted by molar-refractivity contribution is 0.264. The maximum Gasteiger partial charge on any atom is 0.0424 e. The number of benzene rings is 1. The zero-order chi connectivity index (χ0) is 13.0. The van der Waals surface area contributed by atoms with E-state index in [1.165, 1.54) is 43.4 Å². The number of aryl methyl sites for hydroxylation is 1. The first kappa shape index (κ1) is 13.6. The van der Waals surface area contributed by atoms with Crippen molar-refractivity contribution in [3.63, 3.8) is 0 Å². The Bertz CT molecular complexity index is 352. The standard InChI is InChI=1S/C16H26N2/c1-13-7-9-15(10-8-13)16(17)12-18(2)11-14-5-3-4-6-14/h7-10,14,16H,3-6,11-12,17H2,1-2H3. The van der Waals surface area contributed by atoms with Crippen LogP contribution in [0.1, 0.15) is 42.9 Å². The number of likely N-dealkylation sites (N-methyl/N-ethyl adjacent to an activating group) is 1. The van der Waals surface area contributed by atoms with Gasteiger partial charge in [-0.15, -0.1) is 0 Å². The van der Waals surface area contributed by atoms with Crippen molar-refractivity contribution in [3.8, 4) is 0 Å². The van der Waals surface area contributed by atoms with Crippen LogP contribution in [0.25, 0.3) is 0 Å². The molecule has 0 saturated heterocycles. The molecule has 0 aliphatic heterocycles. The molecule has 0 amide bonds. The molecule has 1 atom stereocenters. The van der Waals surface area contributed by atoms with Gasteiger partial charge in [0, 0.05) is 19.1 Å². The molecule has 1 aromatic rings. The molecule has 0 radical (unpaired) electrons. The van der Waals surface area contributed by atoms with E-state index >= 15 is 0 Å². The van der Waals surface area contributed by atoms with Gasteiger partial charge in [0.2, 0.25) is 0 Å². The van der Waals surface area contributed by atoms with Crippen LogP contribution < -0.4 is 5.73 Å². The van der Waals surface area contributed by atoms with Gasteiger partial charge in [-0.3, -0.25) is 0 Å². The van der Waals surface area contributed by atoms with Gasteiger partial charge in [0.25, 0.3) is 0 Å². The van der Waals surface area contributed by atoms with Gasteiger partial charge in [0.1, 0.15) is 0 Å². The fourth-order valence-corrected chi connectivity index (χ4v) is 2.96. The van der Waals surface area contributed by atoms with Crippen LogP contribution in [0.4, 0.5) is 0 Å². The smallest absolute Gasteiger partial charge is 0.0424 e. The molecular formula is C16H26N2. The van der Waals surface area contributed by atoms with Crippen molar-refractivity contribution in [2.75, 3.05) is 20.1 Å². The molecule has 2 rings (SSSR count). The average Bonchev–Trinajstić information content (AvgIpc) is 2.82. The summed E-state index contributed by atoms with van der Waals surface area (Å²) in [6, 6.07) is 8.74. The van der Waals surface area contributed by atoms with E-state index < -0.39 is 0 Å². The van der Waals surface area contributed by atoms with Gasteiger partial charge in [-0.05, 0) is 38.3 Å². The number of nitrogens with zero attached hydrogens (tertiary/aromatic N) is 1. The summed E-state index contributed by atoms with van der Waals surface area (Å²) in [5, 5.41) is 0. The van der Waals surface area contributed by atoms with Gasteiger partial charge in [-0.1, -0.05) is 42.7 Å². The van der Waals surface area contributed by atoms with Crippen LogP contribution in [-0.4, -0.2) is 25.0 Å². The first-order valence-corrected chi connectivity index (χ1v) is 7.16. The minimum Gasteiger partial charge on any atom is -0.323 e. The Hall–Kier alpha value is -0.860. The second-order valence-corrected chi connectivity index (χ2v) is 5.89. The zero-order valence-corrected chi connectivity index (χ0v) is 11.7. The SMILES string of the molecule is Cc1ccc(C(N)CN(C)CC2CCCC2)cc1. The number of nitrogens with two attached hydrogens (primary N) is 1. The first-order chi connectivity index (χ1) is 8.65. The summed E-state index contributed by atoms with van der Waals surface area (Å²) >= 11 is 0. The van der Waals surface area contributed by atoms with E-state index in [0.29, 0.717) is 0 Å². The Kier molecular flexibility index (Phi) is 4.79. The van der Waals surface area contributed by atoms with E-state index in [4.69, 9.17) is 5.73 Å². The molecule has 1 aromatic carbocycles. The molecule has 0 aromatic heterocycles. The monoisotopic (exact) mass is 246 g/mol. The summed E-state index contributed by atoms with van der Waals surface area (Å²) in [6.07, 6.45) is 5.65. The Morgan fingerprint density at radius 3 is 2.44 bits per heavy atom. The van der Waals surface area contributed by atoms with Crippen molar-refractivity contribution in [2.24, 2.45) is 11.7 Å². The molecular weight excluding hydrogens is 220 g/mol. The van der Waals surface area contributed by atoms with Gasteiger partial charge in [-0.25, -0.2) is 0 Å². The van der Waals surface area contributed by atoms with Crippen molar-refractivity contribution >= 4 is 0 Å². The molecule has 1 aliphatic carbocycles. The number of hydrogen-bond donors (Lipinski definition) is 1. The zero-order valence-electron chi connectivity index (χ0n) is 11.7. The largest absolute Gasteiger partial charge is 0.323 e. The summed E-state index contributed by atoms with van der Waals surface area (Å²) in [7, 11) is 2.20. The van der Waals surface area contributed by atoms with Crippen molar-refractivity contribution in [3.05, 3.63) is 35.4 Å². The van der Waals surface area contributed by atoms with Crippen molar-refractivity contribution in [1.29, 1.82) is 0 Å². The van der Waals surface area contributed by atoms with E-state index in [0.717, 1.165) is 12.5 Å². The predicted molar refractivity (Wildman–Crippen MR) is 77.6 cm³/mol. The molecule has 1 unspecified atom stereocenters. The second kappa shape index (κ2) is 6.35. The van der Waals surface area contributed by atoms with Crippen LogP contribution in [0.2, 0.25) is 0 Å². The molecule has 1 aliphatic rings.